The lowest BCUT2D eigenvalue weighted by molar-refractivity contribution is -0.132. The fraction of sp³-hybridized carbons (Fsp3) is 0.333. The van der Waals surface area contributed by atoms with Gasteiger partial charge in [-0.15, -0.1) is 11.3 Å². The van der Waals surface area contributed by atoms with E-state index >= 15 is 0 Å². The maximum absolute atomic E-state index is 13.0. The Morgan fingerprint density at radius 3 is 2.69 bits per heavy atom. The van der Waals surface area contributed by atoms with Crippen molar-refractivity contribution < 1.29 is 4.79 Å². The quantitative estimate of drug-likeness (QED) is 0.631. The molecule has 1 amide bonds. The SMILES string of the molecule is O=C(CN1CCC[C@H]1c1nc2ccccc2s1)N1CC=C(c2ccccc2)CC1. The Morgan fingerprint density at radius 1 is 1.07 bits per heavy atom. The molecular formula is C24H25N3OS. The number of fused-ring (bicyclic) bond motifs is 1. The minimum absolute atomic E-state index is 0.237. The second-order valence-corrected chi connectivity index (χ2v) is 8.90. The van der Waals surface area contributed by atoms with Crippen LogP contribution in [0, 0.1) is 0 Å². The predicted octanol–water partition coefficient (Wildman–Crippen LogP) is 4.75. The predicted molar refractivity (Wildman–Crippen MR) is 119 cm³/mol. The first-order valence-electron chi connectivity index (χ1n) is 10.4. The van der Waals surface area contributed by atoms with Crippen LogP contribution in [-0.4, -0.2) is 46.9 Å². The highest BCUT2D eigenvalue weighted by molar-refractivity contribution is 7.18. The highest BCUT2D eigenvalue weighted by Gasteiger charge is 2.31. The normalized spacial score (nSPS) is 20.2. The highest BCUT2D eigenvalue weighted by Crippen LogP contribution is 2.36. The molecule has 0 bridgehead atoms. The largest absolute Gasteiger partial charge is 0.338 e. The number of nitrogens with zero attached hydrogens (tertiary/aromatic N) is 3. The summed E-state index contributed by atoms with van der Waals surface area (Å²) < 4.78 is 1.23. The van der Waals surface area contributed by atoms with Gasteiger partial charge in [-0.25, -0.2) is 4.98 Å². The Kier molecular flexibility index (Phi) is 5.17. The standard InChI is InChI=1S/C24H25N3OS/c28-23(26-15-12-19(13-16-26)18-7-2-1-3-8-18)17-27-14-6-10-21(27)24-25-20-9-4-5-11-22(20)29-24/h1-5,7-9,11-12,21H,6,10,13-17H2/t21-/m0/s1. The highest BCUT2D eigenvalue weighted by atomic mass is 32.1. The Balaban J connectivity index is 1.25. The van der Waals surface area contributed by atoms with Crippen LogP contribution in [0.3, 0.4) is 0 Å². The minimum Gasteiger partial charge on any atom is -0.338 e. The van der Waals surface area contributed by atoms with Gasteiger partial charge in [-0.2, -0.15) is 0 Å². The van der Waals surface area contributed by atoms with Gasteiger partial charge in [-0.1, -0.05) is 48.5 Å². The average Bonchev–Trinajstić information content (AvgIpc) is 3.41. The Labute approximate surface area is 175 Å². The lowest BCUT2D eigenvalue weighted by Gasteiger charge is -2.30. The van der Waals surface area contributed by atoms with Gasteiger partial charge < -0.3 is 4.90 Å². The van der Waals surface area contributed by atoms with Crippen molar-refractivity contribution in [2.75, 3.05) is 26.2 Å². The zero-order valence-electron chi connectivity index (χ0n) is 16.5. The zero-order valence-corrected chi connectivity index (χ0v) is 17.3. The van der Waals surface area contributed by atoms with E-state index in [9.17, 15) is 4.79 Å². The number of carbonyl (C=O) groups is 1. The van der Waals surface area contributed by atoms with E-state index < -0.39 is 0 Å². The number of amides is 1. The molecular weight excluding hydrogens is 378 g/mol. The first-order valence-corrected chi connectivity index (χ1v) is 11.2. The molecule has 3 aromatic rings. The Bertz CT molecular complexity index is 1010. The van der Waals surface area contributed by atoms with Gasteiger partial charge in [0.05, 0.1) is 22.8 Å². The van der Waals surface area contributed by atoms with Crippen LogP contribution in [0.4, 0.5) is 0 Å². The summed E-state index contributed by atoms with van der Waals surface area (Å²) in [6.45, 7) is 2.99. The number of hydrogen-bond acceptors (Lipinski definition) is 4. The summed E-state index contributed by atoms with van der Waals surface area (Å²) in [5, 5.41) is 1.15. The third-order valence-corrected chi connectivity index (χ3v) is 7.14. The van der Waals surface area contributed by atoms with Crippen molar-refractivity contribution in [3.8, 4) is 0 Å². The summed E-state index contributed by atoms with van der Waals surface area (Å²) in [6.07, 6.45) is 5.36. The molecule has 148 valence electrons. The van der Waals surface area contributed by atoms with Crippen molar-refractivity contribution in [1.29, 1.82) is 0 Å². The van der Waals surface area contributed by atoms with Crippen molar-refractivity contribution in [2.45, 2.75) is 25.3 Å². The Hall–Kier alpha value is -2.50. The molecule has 0 saturated carbocycles. The molecule has 4 nitrogen and oxygen atoms in total. The molecule has 5 heteroatoms. The van der Waals surface area contributed by atoms with Crippen LogP contribution in [0.25, 0.3) is 15.8 Å². The van der Waals surface area contributed by atoms with Gasteiger partial charge in [0.25, 0.3) is 0 Å². The molecule has 5 rings (SSSR count). The van der Waals surface area contributed by atoms with Gasteiger partial charge in [-0.3, -0.25) is 9.69 Å². The number of rotatable bonds is 4. The first-order chi connectivity index (χ1) is 14.3. The fourth-order valence-corrected chi connectivity index (χ4v) is 5.55. The smallest absolute Gasteiger partial charge is 0.237 e. The number of carbonyl (C=O) groups excluding carboxylic acids is 1. The fourth-order valence-electron chi connectivity index (χ4n) is 4.41. The van der Waals surface area contributed by atoms with Crippen LogP contribution in [0.1, 0.15) is 35.9 Å². The number of hydrogen-bond donors (Lipinski definition) is 0. The molecule has 3 heterocycles. The molecule has 1 atom stereocenters. The number of likely N-dealkylation sites (tertiary alicyclic amines) is 1. The maximum atomic E-state index is 13.0. The molecule has 0 aliphatic carbocycles. The van der Waals surface area contributed by atoms with E-state index in [1.807, 2.05) is 17.0 Å². The van der Waals surface area contributed by atoms with Crippen molar-refractivity contribution >= 4 is 33.0 Å². The van der Waals surface area contributed by atoms with Gasteiger partial charge in [0, 0.05) is 13.1 Å². The van der Waals surface area contributed by atoms with Gasteiger partial charge in [0.15, 0.2) is 0 Å². The molecule has 2 aliphatic rings. The number of aromatic nitrogens is 1. The van der Waals surface area contributed by atoms with Crippen LogP contribution in [-0.2, 0) is 4.79 Å². The Morgan fingerprint density at radius 2 is 1.90 bits per heavy atom. The summed E-state index contributed by atoms with van der Waals surface area (Å²) in [6, 6.07) is 19.1. The van der Waals surface area contributed by atoms with E-state index in [0.717, 1.165) is 42.9 Å². The molecule has 0 radical (unpaired) electrons. The topological polar surface area (TPSA) is 36.4 Å². The monoisotopic (exact) mass is 403 g/mol. The zero-order chi connectivity index (χ0) is 19.6. The van der Waals surface area contributed by atoms with E-state index in [1.165, 1.54) is 15.8 Å². The van der Waals surface area contributed by atoms with Crippen LogP contribution in [0.5, 0.6) is 0 Å². The van der Waals surface area contributed by atoms with Crippen LogP contribution in [0.15, 0.2) is 60.7 Å². The van der Waals surface area contributed by atoms with Crippen molar-refractivity contribution in [2.24, 2.45) is 0 Å². The molecule has 1 fully saturated rings. The van der Waals surface area contributed by atoms with Crippen LogP contribution >= 0.6 is 11.3 Å². The molecule has 2 aromatic carbocycles. The van der Waals surface area contributed by atoms with E-state index in [-0.39, 0.29) is 11.9 Å². The van der Waals surface area contributed by atoms with E-state index in [1.54, 1.807) is 11.3 Å². The van der Waals surface area contributed by atoms with Crippen molar-refractivity contribution in [3.63, 3.8) is 0 Å². The van der Waals surface area contributed by atoms with Crippen LogP contribution in [0.2, 0.25) is 0 Å². The average molecular weight is 404 g/mol. The van der Waals surface area contributed by atoms with Crippen molar-refractivity contribution in [3.05, 3.63) is 71.2 Å². The first kappa shape index (κ1) is 18.5. The molecule has 0 spiro atoms. The molecule has 0 unspecified atom stereocenters. The van der Waals surface area contributed by atoms with Gasteiger partial charge >= 0.3 is 0 Å². The second-order valence-electron chi connectivity index (χ2n) is 7.83. The summed E-state index contributed by atoms with van der Waals surface area (Å²) in [4.78, 5) is 22.2. The summed E-state index contributed by atoms with van der Waals surface area (Å²) in [5.41, 5.74) is 3.69. The molecule has 0 N–H and O–H groups in total. The maximum Gasteiger partial charge on any atom is 0.237 e. The van der Waals surface area contributed by atoms with Crippen LogP contribution < -0.4 is 0 Å². The summed E-state index contributed by atoms with van der Waals surface area (Å²) in [7, 11) is 0. The molecule has 1 aromatic heterocycles. The van der Waals surface area contributed by atoms with Gasteiger partial charge in [0.2, 0.25) is 5.91 Å². The summed E-state index contributed by atoms with van der Waals surface area (Å²) in [5.74, 6) is 0.237. The molecule has 1 saturated heterocycles. The second kappa shape index (κ2) is 8.09. The number of para-hydroxylation sites is 1. The lowest BCUT2D eigenvalue weighted by atomic mass is 9.99. The third-order valence-electron chi connectivity index (χ3n) is 6.00. The summed E-state index contributed by atoms with van der Waals surface area (Å²) >= 11 is 1.77. The molecule has 29 heavy (non-hydrogen) atoms. The molecule has 2 aliphatic heterocycles. The van der Waals surface area contributed by atoms with E-state index in [0.29, 0.717) is 13.1 Å². The third kappa shape index (κ3) is 3.85. The van der Waals surface area contributed by atoms with E-state index in [4.69, 9.17) is 4.98 Å². The minimum atomic E-state index is 0.237. The number of benzene rings is 2. The van der Waals surface area contributed by atoms with Gasteiger partial charge in [-0.05, 0) is 49.1 Å². The van der Waals surface area contributed by atoms with E-state index in [2.05, 4.69) is 53.4 Å². The number of thiazole rings is 1. The lowest BCUT2D eigenvalue weighted by Crippen LogP contribution is -2.42. The van der Waals surface area contributed by atoms with Crippen molar-refractivity contribution in [1.82, 2.24) is 14.8 Å². The van der Waals surface area contributed by atoms with Gasteiger partial charge in [0.1, 0.15) is 5.01 Å².